The molecule has 0 amide bonds. The average Bonchev–Trinajstić information content (AvgIpc) is 3.36. The number of anilines is 1. The number of H-pyrrole nitrogens is 1. The van der Waals surface area contributed by atoms with Gasteiger partial charge in [-0.25, -0.2) is 13.8 Å². The molecule has 2 aromatic heterocycles. The highest BCUT2D eigenvalue weighted by Gasteiger charge is 2.26. The molecule has 0 spiro atoms. The van der Waals surface area contributed by atoms with Gasteiger partial charge in [-0.3, -0.25) is 4.98 Å². The lowest BCUT2D eigenvalue weighted by molar-refractivity contribution is 0.139. The number of nitrogens with zero attached hydrogens (tertiary/aromatic N) is 3. The first-order chi connectivity index (χ1) is 18.4. The van der Waals surface area contributed by atoms with Crippen molar-refractivity contribution in [2.75, 3.05) is 38.8 Å². The Morgan fingerprint density at radius 2 is 1.68 bits per heavy atom. The summed E-state index contributed by atoms with van der Waals surface area (Å²) in [5, 5.41) is 3.00. The lowest BCUT2D eigenvalue weighted by Gasteiger charge is -2.36. The van der Waals surface area contributed by atoms with Gasteiger partial charge in [0.25, 0.3) is 6.43 Å². The highest BCUT2D eigenvalue weighted by Crippen LogP contribution is 2.42. The third kappa shape index (κ3) is 5.29. The van der Waals surface area contributed by atoms with E-state index in [1.165, 1.54) is 5.56 Å². The highest BCUT2D eigenvalue weighted by molar-refractivity contribution is 5.92. The number of aryl methyl sites for hydroxylation is 2. The molecule has 2 N–H and O–H groups in total. The van der Waals surface area contributed by atoms with Gasteiger partial charge in [0.1, 0.15) is 17.3 Å². The third-order valence-corrected chi connectivity index (χ3v) is 7.13. The van der Waals surface area contributed by atoms with Gasteiger partial charge in [-0.2, -0.15) is 0 Å². The largest absolute Gasteiger partial charge is 0.497 e. The highest BCUT2D eigenvalue weighted by atomic mass is 19.3. The average molecular weight is 522 g/mol. The van der Waals surface area contributed by atoms with Crippen LogP contribution in [0.1, 0.15) is 24.0 Å². The Bertz CT molecular complexity index is 1410. The lowest BCUT2D eigenvalue weighted by Crippen LogP contribution is -2.44. The maximum Gasteiger partial charge on any atom is 0.250 e. The van der Waals surface area contributed by atoms with Gasteiger partial charge in [-0.05, 0) is 61.6 Å². The Labute approximate surface area is 221 Å². The molecule has 0 bridgehead atoms. The summed E-state index contributed by atoms with van der Waals surface area (Å²) < 4.78 is 36.6. The van der Waals surface area contributed by atoms with E-state index in [4.69, 9.17) is 14.5 Å². The van der Waals surface area contributed by atoms with Gasteiger partial charge in [-0.1, -0.05) is 6.07 Å². The van der Waals surface area contributed by atoms with Crippen LogP contribution in [0.15, 0.2) is 42.7 Å². The van der Waals surface area contributed by atoms with Gasteiger partial charge in [0.15, 0.2) is 0 Å². The van der Waals surface area contributed by atoms with Crippen molar-refractivity contribution in [2.24, 2.45) is 0 Å². The molecule has 0 unspecified atom stereocenters. The summed E-state index contributed by atoms with van der Waals surface area (Å²) in [5.74, 6) is 2.10. The van der Waals surface area contributed by atoms with Gasteiger partial charge in [-0.15, -0.1) is 0 Å². The summed E-state index contributed by atoms with van der Waals surface area (Å²) in [6.45, 7) is 5.28. The van der Waals surface area contributed by atoms with E-state index < -0.39 is 6.43 Å². The molecule has 0 radical (unpaired) electrons. The summed E-state index contributed by atoms with van der Waals surface area (Å²) >= 11 is 0. The molecule has 7 nitrogen and oxygen atoms in total. The van der Waals surface area contributed by atoms with Crippen LogP contribution in [0.4, 0.5) is 14.5 Å². The zero-order valence-electron chi connectivity index (χ0n) is 22.1. The normalized spacial score (nSPS) is 14.4. The standard InChI is InChI=1S/C29H33F2N5O2/c1-17-9-18(2)27-25(10-17)34-29(35-27)24-15-32-14-23(19-11-21(37-3)13-22(12-19)38-4)28(24)36-7-5-20(6-8-36)33-16-26(30)31/h9-15,20,26,33H,5-8,16H2,1-4H3,(H,34,35). The molecule has 0 atom stereocenters. The second-order valence-electron chi connectivity index (χ2n) is 9.81. The van der Waals surface area contributed by atoms with Crippen LogP contribution in [0.5, 0.6) is 11.5 Å². The Hall–Kier alpha value is -3.72. The molecule has 38 heavy (non-hydrogen) atoms. The molecular formula is C29H33F2N5O2. The minimum atomic E-state index is -2.35. The van der Waals surface area contributed by atoms with Crippen molar-refractivity contribution in [3.8, 4) is 34.0 Å². The lowest BCUT2D eigenvalue weighted by atomic mass is 9.97. The Morgan fingerprint density at radius 3 is 2.34 bits per heavy atom. The minimum Gasteiger partial charge on any atom is -0.497 e. The number of pyridine rings is 1. The molecule has 1 saturated heterocycles. The second kappa shape index (κ2) is 10.9. The van der Waals surface area contributed by atoms with Crippen LogP contribution in [-0.2, 0) is 0 Å². The van der Waals surface area contributed by atoms with E-state index in [9.17, 15) is 8.78 Å². The first kappa shape index (κ1) is 25.9. The van der Waals surface area contributed by atoms with Crippen LogP contribution in [0, 0.1) is 13.8 Å². The van der Waals surface area contributed by atoms with Gasteiger partial charge >= 0.3 is 0 Å². The van der Waals surface area contributed by atoms with E-state index in [0.717, 1.165) is 57.6 Å². The number of aromatic nitrogens is 3. The van der Waals surface area contributed by atoms with E-state index in [1.54, 1.807) is 14.2 Å². The summed E-state index contributed by atoms with van der Waals surface area (Å²) in [6.07, 6.45) is 2.86. The van der Waals surface area contributed by atoms with E-state index in [0.29, 0.717) is 24.6 Å². The number of rotatable bonds is 8. The van der Waals surface area contributed by atoms with E-state index >= 15 is 0 Å². The summed E-state index contributed by atoms with van der Waals surface area (Å²) in [7, 11) is 3.26. The maximum absolute atomic E-state index is 12.8. The van der Waals surface area contributed by atoms with Crippen molar-refractivity contribution in [2.45, 2.75) is 39.2 Å². The van der Waals surface area contributed by atoms with Crippen molar-refractivity contribution in [1.29, 1.82) is 0 Å². The van der Waals surface area contributed by atoms with Gasteiger partial charge < -0.3 is 24.7 Å². The number of hydrogen-bond donors (Lipinski definition) is 2. The van der Waals surface area contributed by atoms with Crippen LogP contribution < -0.4 is 19.7 Å². The number of fused-ring (bicyclic) bond motifs is 1. The van der Waals surface area contributed by atoms with Crippen LogP contribution >= 0.6 is 0 Å². The van der Waals surface area contributed by atoms with Crippen LogP contribution in [0.25, 0.3) is 33.5 Å². The molecule has 5 rings (SSSR count). The molecule has 1 fully saturated rings. The molecule has 0 saturated carbocycles. The predicted octanol–water partition coefficient (Wildman–Crippen LogP) is 5.75. The van der Waals surface area contributed by atoms with Crippen molar-refractivity contribution in [1.82, 2.24) is 20.3 Å². The van der Waals surface area contributed by atoms with Crippen LogP contribution in [0.2, 0.25) is 0 Å². The zero-order chi connectivity index (χ0) is 26.8. The molecule has 4 aromatic rings. The molecule has 0 aliphatic carbocycles. The number of ether oxygens (including phenoxy) is 2. The van der Waals surface area contributed by atoms with E-state index in [2.05, 4.69) is 46.2 Å². The molecule has 9 heteroatoms. The van der Waals surface area contributed by atoms with Crippen LogP contribution in [-0.4, -0.2) is 61.3 Å². The number of imidazole rings is 1. The maximum atomic E-state index is 12.8. The molecule has 200 valence electrons. The zero-order valence-corrected chi connectivity index (χ0v) is 22.1. The van der Waals surface area contributed by atoms with Crippen molar-refractivity contribution in [3.63, 3.8) is 0 Å². The number of piperidine rings is 1. The smallest absolute Gasteiger partial charge is 0.250 e. The number of alkyl halides is 2. The minimum absolute atomic E-state index is 0.0581. The number of aromatic amines is 1. The fourth-order valence-electron chi connectivity index (χ4n) is 5.30. The molecule has 1 aliphatic heterocycles. The summed E-state index contributed by atoms with van der Waals surface area (Å²) in [6, 6.07) is 10.1. The first-order valence-electron chi connectivity index (χ1n) is 12.8. The fourth-order valence-corrected chi connectivity index (χ4v) is 5.30. The predicted molar refractivity (Wildman–Crippen MR) is 147 cm³/mol. The van der Waals surface area contributed by atoms with Crippen molar-refractivity contribution in [3.05, 3.63) is 53.9 Å². The van der Waals surface area contributed by atoms with Crippen molar-refractivity contribution >= 4 is 16.7 Å². The number of hydrogen-bond acceptors (Lipinski definition) is 6. The quantitative estimate of drug-likeness (QED) is 0.308. The topological polar surface area (TPSA) is 75.3 Å². The first-order valence-corrected chi connectivity index (χ1v) is 12.8. The Balaban J connectivity index is 1.62. The number of nitrogens with one attached hydrogen (secondary N) is 2. The molecule has 1 aliphatic rings. The van der Waals surface area contributed by atoms with E-state index in [1.807, 2.05) is 30.6 Å². The monoisotopic (exact) mass is 521 g/mol. The summed E-state index contributed by atoms with van der Waals surface area (Å²) in [5.41, 5.74) is 7.90. The number of benzene rings is 2. The molecule has 2 aromatic carbocycles. The SMILES string of the molecule is COc1cc(OC)cc(-c2cncc(-c3nc4c(C)cc(C)cc4[nH]3)c2N2CCC(NCC(F)F)CC2)c1. The molecular weight excluding hydrogens is 488 g/mol. The van der Waals surface area contributed by atoms with Gasteiger partial charge in [0.2, 0.25) is 0 Å². The fraction of sp³-hybridized carbons (Fsp3) is 0.379. The van der Waals surface area contributed by atoms with Gasteiger partial charge in [0, 0.05) is 43.2 Å². The number of halogens is 2. The van der Waals surface area contributed by atoms with E-state index in [-0.39, 0.29) is 12.6 Å². The van der Waals surface area contributed by atoms with Crippen LogP contribution in [0.3, 0.4) is 0 Å². The third-order valence-electron chi connectivity index (χ3n) is 7.13. The van der Waals surface area contributed by atoms with Gasteiger partial charge in [0.05, 0.1) is 43.0 Å². The number of methoxy groups -OCH3 is 2. The van der Waals surface area contributed by atoms with Crippen molar-refractivity contribution < 1.29 is 18.3 Å². The molecule has 3 heterocycles. The second-order valence-corrected chi connectivity index (χ2v) is 9.81. The summed E-state index contributed by atoms with van der Waals surface area (Å²) in [4.78, 5) is 15.4. The Morgan fingerprint density at radius 1 is 1.00 bits per heavy atom. The Kier molecular flexibility index (Phi) is 7.46.